The van der Waals surface area contributed by atoms with Gasteiger partial charge in [-0.3, -0.25) is 4.79 Å². The van der Waals surface area contributed by atoms with Gasteiger partial charge in [0, 0.05) is 21.5 Å². The number of hydrogen-bond acceptors (Lipinski definition) is 6. The molecule has 0 saturated carbocycles. The maximum atomic E-state index is 13.6. The molecule has 0 unspecified atom stereocenters. The zero-order valence-electron chi connectivity index (χ0n) is 18.7. The van der Waals surface area contributed by atoms with Crippen LogP contribution in [0.2, 0.25) is 5.02 Å². The highest BCUT2D eigenvalue weighted by Crippen LogP contribution is 2.41. The van der Waals surface area contributed by atoms with Crippen LogP contribution in [0.1, 0.15) is 40.4 Å². The molecule has 0 N–H and O–H groups in total. The van der Waals surface area contributed by atoms with Crippen molar-refractivity contribution in [1.29, 1.82) is 0 Å². The lowest BCUT2D eigenvalue weighted by Gasteiger charge is -2.35. The quantitative estimate of drug-likeness (QED) is 0.346. The number of benzene rings is 2. The van der Waals surface area contributed by atoms with E-state index in [2.05, 4.69) is 0 Å². The maximum absolute atomic E-state index is 13.6. The monoisotopic (exact) mass is 486 g/mol. The normalized spacial score (nSPS) is 17.9. The van der Waals surface area contributed by atoms with Crippen LogP contribution in [-0.4, -0.2) is 21.5 Å². The molecule has 0 bridgehead atoms. The molecule has 4 aromatic rings. The average Bonchev–Trinajstić information content (AvgIpc) is 3.22. The Bertz CT molecular complexity index is 1610. The van der Waals surface area contributed by atoms with E-state index < -0.39 is 17.5 Å². The van der Waals surface area contributed by atoms with E-state index in [0.29, 0.717) is 34.1 Å². The second-order valence-corrected chi connectivity index (χ2v) is 9.09. The van der Waals surface area contributed by atoms with Crippen molar-refractivity contribution in [1.82, 2.24) is 9.55 Å². The fourth-order valence-electron chi connectivity index (χ4n) is 4.89. The fraction of sp³-hybridized carbons (Fsp3) is 0.185. The lowest BCUT2D eigenvalue weighted by atomic mass is 9.85. The summed E-state index contributed by atoms with van der Waals surface area (Å²) in [4.78, 5) is 44.5. The first-order valence-electron chi connectivity index (χ1n) is 11.2. The second-order valence-electron chi connectivity index (χ2n) is 8.66. The van der Waals surface area contributed by atoms with E-state index in [1.165, 1.54) is 12.1 Å². The largest absolute Gasteiger partial charge is 0.457 e. The zero-order chi connectivity index (χ0) is 24.3. The Balaban J connectivity index is 1.52. The molecular formula is C27H19ClN2O5. The van der Waals surface area contributed by atoms with Gasteiger partial charge in [0.2, 0.25) is 5.60 Å². The molecule has 0 fully saturated rings. The Morgan fingerprint density at radius 1 is 1.14 bits per heavy atom. The number of esters is 2. The van der Waals surface area contributed by atoms with Gasteiger partial charge < -0.3 is 14.0 Å². The van der Waals surface area contributed by atoms with Crippen LogP contribution in [0.3, 0.4) is 0 Å². The van der Waals surface area contributed by atoms with E-state index in [4.69, 9.17) is 26.1 Å². The topological polar surface area (TPSA) is 87.5 Å². The fourth-order valence-corrected chi connectivity index (χ4v) is 5.01. The number of nitrogens with zero attached hydrogens (tertiary/aromatic N) is 2. The third-order valence-electron chi connectivity index (χ3n) is 6.73. The Morgan fingerprint density at radius 2 is 1.91 bits per heavy atom. The van der Waals surface area contributed by atoms with Crippen LogP contribution in [0.15, 0.2) is 65.5 Å². The van der Waals surface area contributed by atoms with Gasteiger partial charge >= 0.3 is 11.9 Å². The summed E-state index contributed by atoms with van der Waals surface area (Å²) in [6.45, 7) is 1.90. The first kappa shape index (κ1) is 21.6. The molecule has 2 aromatic carbocycles. The van der Waals surface area contributed by atoms with Crippen molar-refractivity contribution in [2.24, 2.45) is 0 Å². The minimum absolute atomic E-state index is 0.0963. The Kier molecular flexibility index (Phi) is 4.79. The van der Waals surface area contributed by atoms with E-state index in [9.17, 15) is 14.4 Å². The number of aromatic nitrogens is 2. The van der Waals surface area contributed by atoms with Crippen molar-refractivity contribution in [2.45, 2.75) is 32.1 Å². The summed E-state index contributed by atoms with van der Waals surface area (Å²) < 4.78 is 12.9. The number of fused-ring (bicyclic) bond motifs is 5. The molecule has 0 spiro atoms. The van der Waals surface area contributed by atoms with Crippen LogP contribution in [0.5, 0.6) is 0 Å². The van der Waals surface area contributed by atoms with E-state index in [1.807, 2.05) is 30.3 Å². The number of carbonyl (C=O) groups excluding carboxylic acids is 2. The molecule has 6 rings (SSSR count). The predicted molar refractivity (Wildman–Crippen MR) is 129 cm³/mol. The van der Waals surface area contributed by atoms with Gasteiger partial charge in [-0.25, -0.2) is 14.6 Å². The van der Waals surface area contributed by atoms with Crippen molar-refractivity contribution < 1.29 is 19.1 Å². The minimum atomic E-state index is -1.75. The lowest BCUT2D eigenvalue weighted by Crippen LogP contribution is -2.47. The number of para-hydroxylation sites is 1. The third kappa shape index (κ3) is 3.19. The van der Waals surface area contributed by atoms with Crippen LogP contribution >= 0.6 is 11.6 Å². The molecule has 1 atom stereocenters. The average molecular weight is 487 g/mol. The van der Waals surface area contributed by atoms with Crippen molar-refractivity contribution in [3.63, 3.8) is 0 Å². The summed E-state index contributed by atoms with van der Waals surface area (Å²) in [6.07, 6.45) is 0.0963. The molecule has 0 amide bonds. The minimum Gasteiger partial charge on any atom is -0.457 e. The van der Waals surface area contributed by atoms with E-state index >= 15 is 0 Å². The second kappa shape index (κ2) is 7.78. The molecule has 0 aliphatic carbocycles. The molecule has 0 radical (unpaired) electrons. The van der Waals surface area contributed by atoms with Crippen LogP contribution in [0.4, 0.5) is 0 Å². The number of pyridine rings is 2. The molecule has 4 heterocycles. The van der Waals surface area contributed by atoms with Crippen molar-refractivity contribution in [2.75, 3.05) is 0 Å². The maximum Gasteiger partial charge on any atom is 0.355 e. The van der Waals surface area contributed by atoms with E-state index in [0.717, 1.165) is 16.5 Å². The van der Waals surface area contributed by atoms with E-state index in [1.54, 1.807) is 29.7 Å². The van der Waals surface area contributed by atoms with Crippen LogP contribution < -0.4 is 5.56 Å². The number of rotatable bonds is 3. The number of carbonyl (C=O) groups is 2. The highest BCUT2D eigenvalue weighted by atomic mass is 35.5. The van der Waals surface area contributed by atoms with Gasteiger partial charge in [0.25, 0.3) is 5.56 Å². The molecule has 35 heavy (non-hydrogen) atoms. The summed E-state index contributed by atoms with van der Waals surface area (Å²) in [5.74, 6) is -1.41. The Hall–Kier alpha value is -3.97. The number of ether oxygens (including phenoxy) is 2. The molecule has 174 valence electrons. The molecule has 8 heteroatoms. The number of cyclic esters (lactones) is 1. The summed E-state index contributed by atoms with van der Waals surface area (Å²) in [7, 11) is 0. The molecule has 2 aromatic heterocycles. The SMILES string of the molecule is CC[C@@]1(OC(=O)c2ccc(Cl)cc2)C(=O)OCc2c1cc1n(c2=O)Cc2cc3ccccc3nc2-1. The van der Waals surface area contributed by atoms with E-state index in [-0.39, 0.29) is 24.2 Å². The van der Waals surface area contributed by atoms with Gasteiger partial charge in [0.15, 0.2) is 0 Å². The number of hydrogen-bond donors (Lipinski definition) is 0. The zero-order valence-corrected chi connectivity index (χ0v) is 19.5. The van der Waals surface area contributed by atoms with Crippen LogP contribution in [-0.2, 0) is 33.0 Å². The van der Waals surface area contributed by atoms with Crippen molar-refractivity contribution in [3.05, 3.63) is 98.3 Å². The van der Waals surface area contributed by atoms with Crippen molar-refractivity contribution in [3.8, 4) is 11.4 Å². The summed E-state index contributed by atoms with van der Waals surface area (Å²) in [5.41, 5.74) is 1.83. The van der Waals surface area contributed by atoms with Gasteiger partial charge in [0.05, 0.1) is 34.6 Å². The first-order chi connectivity index (χ1) is 16.9. The Labute approximate surface area is 204 Å². The standard InChI is InChI=1S/C27H19ClN2O5/c1-2-27(35-25(32)15-7-9-18(28)10-8-15)20-12-22-23-17(11-16-5-3-4-6-21(16)29-23)13-30(22)24(31)19(20)14-34-26(27)33/h3-12H,2,13-14H2,1H3/t27-/m0/s1. The predicted octanol–water partition coefficient (Wildman–Crippen LogP) is 4.60. The summed E-state index contributed by atoms with van der Waals surface area (Å²) in [5, 5.41) is 1.45. The van der Waals surface area contributed by atoms with Gasteiger partial charge in [-0.1, -0.05) is 36.7 Å². The van der Waals surface area contributed by atoms with Gasteiger partial charge in [0.1, 0.15) is 6.61 Å². The molecule has 7 nitrogen and oxygen atoms in total. The third-order valence-corrected chi connectivity index (χ3v) is 6.98. The molecule has 2 aliphatic rings. The van der Waals surface area contributed by atoms with Gasteiger partial charge in [-0.05, 0) is 48.9 Å². The molecular weight excluding hydrogens is 468 g/mol. The summed E-state index contributed by atoms with van der Waals surface area (Å²) >= 11 is 5.93. The smallest absolute Gasteiger partial charge is 0.355 e. The Morgan fingerprint density at radius 3 is 2.69 bits per heavy atom. The van der Waals surface area contributed by atoms with Gasteiger partial charge in [-0.15, -0.1) is 0 Å². The van der Waals surface area contributed by atoms with Gasteiger partial charge in [-0.2, -0.15) is 0 Å². The highest BCUT2D eigenvalue weighted by Gasteiger charge is 2.50. The highest BCUT2D eigenvalue weighted by molar-refractivity contribution is 6.30. The number of halogens is 1. The summed E-state index contributed by atoms with van der Waals surface area (Å²) in [6, 6.07) is 17.7. The molecule has 2 aliphatic heterocycles. The first-order valence-corrected chi connectivity index (χ1v) is 11.6. The van der Waals surface area contributed by atoms with Crippen LogP contribution in [0.25, 0.3) is 22.3 Å². The van der Waals surface area contributed by atoms with Crippen LogP contribution in [0, 0.1) is 0 Å². The lowest BCUT2D eigenvalue weighted by molar-refractivity contribution is -0.173. The van der Waals surface area contributed by atoms with Crippen molar-refractivity contribution >= 4 is 34.4 Å². The molecule has 0 saturated heterocycles.